The largest absolute Gasteiger partial charge is 0.385 e. The van der Waals surface area contributed by atoms with Gasteiger partial charge in [0.15, 0.2) is 0 Å². The zero-order valence-corrected chi connectivity index (χ0v) is 8.67. The van der Waals surface area contributed by atoms with Crippen molar-refractivity contribution in [1.82, 2.24) is 5.32 Å². The highest BCUT2D eigenvalue weighted by atomic mass is 16.5. The summed E-state index contributed by atoms with van der Waals surface area (Å²) in [5.74, 6) is -0.265. The second-order valence-electron chi connectivity index (χ2n) is 3.42. The quantitative estimate of drug-likeness (QED) is 0.602. The van der Waals surface area contributed by atoms with Gasteiger partial charge in [-0.05, 0) is 20.3 Å². The minimum absolute atomic E-state index is 0.143. The van der Waals surface area contributed by atoms with Gasteiger partial charge in [0, 0.05) is 32.2 Å². The van der Waals surface area contributed by atoms with Crippen LogP contribution in [-0.4, -0.2) is 31.7 Å². The molecule has 0 rings (SSSR count). The Kier molecular flexibility index (Phi) is 6.54. The first-order valence-corrected chi connectivity index (χ1v) is 4.59. The van der Waals surface area contributed by atoms with Crippen LogP contribution in [0.3, 0.4) is 0 Å². The van der Waals surface area contributed by atoms with Gasteiger partial charge in [0.1, 0.15) is 0 Å². The van der Waals surface area contributed by atoms with Gasteiger partial charge in [0.05, 0.1) is 0 Å². The van der Waals surface area contributed by atoms with Crippen molar-refractivity contribution in [3.8, 4) is 0 Å². The lowest BCUT2D eigenvalue weighted by Gasteiger charge is -2.18. The molecule has 4 heteroatoms. The summed E-state index contributed by atoms with van der Waals surface area (Å²) in [6, 6.07) is 0.499. The van der Waals surface area contributed by atoms with Crippen LogP contribution in [0.5, 0.6) is 0 Å². The molecule has 0 aliphatic rings. The van der Waals surface area contributed by atoms with Crippen molar-refractivity contribution in [1.29, 1.82) is 0 Å². The number of primary amides is 1. The van der Waals surface area contributed by atoms with E-state index < -0.39 is 0 Å². The van der Waals surface area contributed by atoms with E-state index in [-0.39, 0.29) is 11.9 Å². The van der Waals surface area contributed by atoms with Crippen LogP contribution in [0.15, 0.2) is 0 Å². The van der Waals surface area contributed by atoms with Gasteiger partial charge >= 0.3 is 0 Å². The number of hydrogen-bond donors (Lipinski definition) is 2. The van der Waals surface area contributed by atoms with Crippen molar-refractivity contribution in [2.45, 2.75) is 38.8 Å². The standard InChI is InChI=1S/C9H20N2O2/c1-7(4-5-13-3)11-8(2)6-9(10)12/h7-8,11H,4-6H2,1-3H3,(H2,10,12). The summed E-state index contributed by atoms with van der Waals surface area (Å²) in [5.41, 5.74) is 5.07. The predicted molar refractivity (Wildman–Crippen MR) is 52.4 cm³/mol. The van der Waals surface area contributed by atoms with Gasteiger partial charge < -0.3 is 15.8 Å². The number of rotatable bonds is 7. The molecule has 0 aromatic heterocycles. The summed E-state index contributed by atoms with van der Waals surface area (Å²) in [5, 5.41) is 3.27. The van der Waals surface area contributed by atoms with Gasteiger partial charge in [-0.2, -0.15) is 0 Å². The number of carbonyl (C=O) groups excluding carboxylic acids is 1. The lowest BCUT2D eigenvalue weighted by molar-refractivity contribution is -0.118. The minimum atomic E-state index is -0.265. The van der Waals surface area contributed by atoms with Crippen LogP contribution in [0, 0.1) is 0 Å². The van der Waals surface area contributed by atoms with E-state index in [9.17, 15) is 4.79 Å². The van der Waals surface area contributed by atoms with Crippen molar-refractivity contribution in [2.24, 2.45) is 5.73 Å². The number of nitrogens with one attached hydrogen (secondary N) is 1. The SMILES string of the molecule is COCCC(C)NC(C)CC(N)=O. The van der Waals surface area contributed by atoms with E-state index in [4.69, 9.17) is 10.5 Å². The number of amides is 1. The van der Waals surface area contributed by atoms with Crippen molar-refractivity contribution in [3.05, 3.63) is 0 Å². The third-order valence-electron chi connectivity index (χ3n) is 1.83. The molecular weight excluding hydrogens is 168 g/mol. The Labute approximate surface area is 79.8 Å². The minimum Gasteiger partial charge on any atom is -0.385 e. The molecule has 3 N–H and O–H groups in total. The van der Waals surface area contributed by atoms with Crippen molar-refractivity contribution < 1.29 is 9.53 Å². The van der Waals surface area contributed by atoms with Crippen LogP contribution in [0.2, 0.25) is 0 Å². The average molecular weight is 188 g/mol. The zero-order valence-electron chi connectivity index (χ0n) is 8.67. The van der Waals surface area contributed by atoms with Crippen molar-refractivity contribution >= 4 is 5.91 Å². The van der Waals surface area contributed by atoms with Gasteiger partial charge in [-0.1, -0.05) is 0 Å². The molecule has 0 aliphatic carbocycles. The predicted octanol–water partition coefficient (Wildman–Crippen LogP) is 0.265. The maximum atomic E-state index is 10.6. The Morgan fingerprint density at radius 3 is 2.54 bits per heavy atom. The molecule has 0 bridgehead atoms. The second kappa shape index (κ2) is 6.86. The smallest absolute Gasteiger partial charge is 0.218 e. The van der Waals surface area contributed by atoms with Gasteiger partial charge in [0.25, 0.3) is 0 Å². The number of nitrogens with two attached hydrogens (primary N) is 1. The van der Waals surface area contributed by atoms with Crippen LogP contribution < -0.4 is 11.1 Å². The van der Waals surface area contributed by atoms with E-state index in [1.54, 1.807) is 7.11 Å². The summed E-state index contributed by atoms with van der Waals surface area (Å²) in [6.45, 7) is 4.75. The first-order valence-electron chi connectivity index (χ1n) is 4.59. The molecule has 13 heavy (non-hydrogen) atoms. The summed E-state index contributed by atoms with van der Waals surface area (Å²) >= 11 is 0. The van der Waals surface area contributed by atoms with E-state index in [0.717, 1.165) is 13.0 Å². The topological polar surface area (TPSA) is 64.3 Å². The summed E-state index contributed by atoms with van der Waals surface area (Å²) < 4.78 is 4.94. The molecule has 4 nitrogen and oxygen atoms in total. The molecule has 0 spiro atoms. The molecule has 78 valence electrons. The Morgan fingerprint density at radius 2 is 2.08 bits per heavy atom. The fourth-order valence-corrected chi connectivity index (χ4v) is 1.22. The molecule has 1 amide bonds. The summed E-state index contributed by atoms with van der Waals surface area (Å²) in [7, 11) is 1.68. The Balaban J connectivity index is 3.52. The normalized spacial score (nSPS) is 15.3. The molecule has 0 fully saturated rings. The van der Waals surface area contributed by atoms with Gasteiger partial charge in [0.2, 0.25) is 5.91 Å². The number of methoxy groups -OCH3 is 1. The third kappa shape index (κ3) is 7.74. The van der Waals surface area contributed by atoms with Gasteiger partial charge in [-0.15, -0.1) is 0 Å². The zero-order chi connectivity index (χ0) is 10.3. The van der Waals surface area contributed by atoms with E-state index in [1.165, 1.54) is 0 Å². The van der Waals surface area contributed by atoms with E-state index in [0.29, 0.717) is 12.5 Å². The average Bonchev–Trinajstić information content (AvgIpc) is 1.98. The first-order chi connectivity index (χ1) is 6.06. The molecule has 0 saturated heterocycles. The van der Waals surface area contributed by atoms with Crippen molar-refractivity contribution in [2.75, 3.05) is 13.7 Å². The van der Waals surface area contributed by atoms with Crippen LogP contribution in [0.1, 0.15) is 26.7 Å². The Bertz CT molecular complexity index is 151. The molecule has 0 aromatic rings. The molecule has 0 saturated carbocycles. The Hall–Kier alpha value is -0.610. The molecule has 0 aromatic carbocycles. The fraction of sp³-hybridized carbons (Fsp3) is 0.889. The lowest BCUT2D eigenvalue weighted by Crippen LogP contribution is -2.37. The van der Waals surface area contributed by atoms with Gasteiger partial charge in [-0.3, -0.25) is 4.79 Å². The summed E-state index contributed by atoms with van der Waals surface area (Å²) in [4.78, 5) is 10.6. The second-order valence-corrected chi connectivity index (χ2v) is 3.42. The Morgan fingerprint density at radius 1 is 1.46 bits per heavy atom. The fourth-order valence-electron chi connectivity index (χ4n) is 1.22. The van der Waals surface area contributed by atoms with Crippen LogP contribution in [0.4, 0.5) is 0 Å². The van der Waals surface area contributed by atoms with Gasteiger partial charge in [-0.25, -0.2) is 0 Å². The third-order valence-corrected chi connectivity index (χ3v) is 1.83. The lowest BCUT2D eigenvalue weighted by atomic mass is 10.1. The van der Waals surface area contributed by atoms with Crippen LogP contribution >= 0.6 is 0 Å². The summed E-state index contributed by atoms with van der Waals surface area (Å²) in [6.07, 6.45) is 1.33. The monoisotopic (exact) mass is 188 g/mol. The van der Waals surface area contributed by atoms with Crippen molar-refractivity contribution in [3.63, 3.8) is 0 Å². The maximum Gasteiger partial charge on any atom is 0.218 e. The number of carbonyl (C=O) groups is 1. The first kappa shape index (κ1) is 12.4. The van der Waals surface area contributed by atoms with E-state index in [1.807, 2.05) is 6.92 Å². The molecular formula is C9H20N2O2. The highest BCUT2D eigenvalue weighted by Gasteiger charge is 2.08. The van der Waals surface area contributed by atoms with E-state index in [2.05, 4.69) is 12.2 Å². The van der Waals surface area contributed by atoms with Crippen LogP contribution in [-0.2, 0) is 9.53 Å². The highest BCUT2D eigenvalue weighted by molar-refractivity contribution is 5.74. The van der Waals surface area contributed by atoms with Crippen LogP contribution in [0.25, 0.3) is 0 Å². The maximum absolute atomic E-state index is 10.6. The molecule has 0 radical (unpaired) electrons. The number of hydrogen-bond acceptors (Lipinski definition) is 3. The molecule has 2 atom stereocenters. The molecule has 0 heterocycles. The molecule has 2 unspecified atom stereocenters. The highest BCUT2D eigenvalue weighted by Crippen LogP contribution is 1.96. The van der Waals surface area contributed by atoms with E-state index >= 15 is 0 Å². The molecule has 0 aliphatic heterocycles. The number of ether oxygens (including phenoxy) is 1.